The summed E-state index contributed by atoms with van der Waals surface area (Å²) in [6.07, 6.45) is 1.72. The first-order valence-corrected chi connectivity index (χ1v) is 4.84. The molecule has 1 N–H and O–H groups in total. The van der Waals surface area contributed by atoms with Gasteiger partial charge >= 0.3 is 0 Å². The number of aliphatic hydroxyl groups is 1. The minimum atomic E-state index is -0.288. The summed E-state index contributed by atoms with van der Waals surface area (Å²) < 4.78 is 1.82. The Hall–Kier alpha value is -0.870. The number of aryl methyl sites for hydroxylation is 2. The molecule has 1 heterocycles. The Morgan fingerprint density at radius 2 is 2.29 bits per heavy atom. The Morgan fingerprint density at radius 1 is 1.64 bits per heavy atom. The lowest BCUT2D eigenvalue weighted by Gasteiger charge is -2.17. The maximum absolute atomic E-state index is 9.21. The van der Waals surface area contributed by atoms with Gasteiger partial charge in [-0.3, -0.25) is 9.58 Å². The van der Waals surface area contributed by atoms with Gasteiger partial charge in [0.1, 0.15) is 0 Å². The molecule has 0 bridgehead atoms. The van der Waals surface area contributed by atoms with E-state index in [0.717, 1.165) is 12.2 Å². The number of aliphatic hydroxyl groups excluding tert-OH is 1. The van der Waals surface area contributed by atoms with Crippen LogP contribution >= 0.6 is 0 Å². The van der Waals surface area contributed by atoms with Crippen LogP contribution in [-0.4, -0.2) is 39.5 Å². The van der Waals surface area contributed by atoms with Gasteiger partial charge in [0.2, 0.25) is 0 Å². The van der Waals surface area contributed by atoms with Gasteiger partial charge in [-0.15, -0.1) is 0 Å². The molecule has 0 radical (unpaired) electrons. The molecule has 4 nitrogen and oxygen atoms in total. The van der Waals surface area contributed by atoms with Crippen LogP contribution in [0.5, 0.6) is 0 Å². The lowest BCUT2D eigenvalue weighted by Crippen LogP contribution is -2.27. The third kappa shape index (κ3) is 3.12. The molecule has 1 rings (SSSR count). The molecule has 4 heteroatoms. The van der Waals surface area contributed by atoms with Crippen LogP contribution in [0, 0.1) is 6.92 Å². The average molecular weight is 197 g/mol. The molecule has 0 aliphatic heterocycles. The van der Waals surface area contributed by atoms with E-state index in [1.54, 1.807) is 6.92 Å². The molecule has 1 atom stereocenters. The van der Waals surface area contributed by atoms with Gasteiger partial charge in [0.15, 0.2) is 0 Å². The van der Waals surface area contributed by atoms with Gasteiger partial charge in [-0.2, -0.15) is 5.10 Å². The zero-order chi connectivity index (χ0) is 10.7. The highest BCUT2D eigenvalue weighted by molar-refractivity contribution is 5.14. The molecule has 80 valence electrons. The average Bonchev–Trinajstić information content (AvgIpc) is 2.28. The van der Waals surface area contributed by atoms with Crippen molar-refractivity contribution in [2.45, 2.75) is 26.5 Å². The van der Waals surface area contributed by atoms with E-state index in [9.17, 15) is 5.11 Å². The van der Waals surface area contributed by atoms with Crippen LogP contribution in [0.25, 0.3) is 0 Å². The Morgan fingerprint density at radius 3 is 2.71 bits per heavy atom. The van der Waals surface area contributed by atoms with Crippen LogP contribution in [0.1, 0.15) is 18.2 Å². The fourth-order valence-electron chi connectivity index (χ4n) is 1.58. The summed E-state index contributed by atoms with van der Waals surface area (Å²) in [6, 6.07) is 0. The Labute approximate surface area is 85.1 Å². The summed E-state index contributed by atoms with van der Waals surface area (Å²) in [5.74, 6) is 0. The normalized spacial score (nSPS) is 13.6. The van der Waals surface area contributed by atoms with Crippen molar-refractivity contribution in [1.29, 1.82) is 0 Å². The summed E-state index contributed by atoms with van der Waals surface area (Å²) >= 11 is 0. The van der Waals surface area contributed by atoms with Crippen molar-refractivity contribution >= 4 is 0 Å². The lowest BCUT2D eigenvalue weighted by molar-refractivity contribution is 0.137. The molecule has 0 aromatic carbocycles. The summed E-state index contributed by atoms with van der Waals surface area (Å²) in [6.45, 7) is 5.31. The monoisotopic (exact) mass is 197 g/mol. The van der Waals surface area contributed by atoms with E-state index in [0.29, 0.717) is 6.54 Å². The van der Waals surface area contributed by atoms with Gasteiger partial charge in [0.25, 0.3) is 0 Å². The number of rotatable bonds is 4. The van der Waals surface area contributed by atoms with Crippen molar-refractivity contribution in [2.75, 3.05) is 13.6 Å². The molecule has 1 aromatic rings. The van der Waals surface area contributed by atoms with Gasteiger partial charge < -0.3 is 5.11 Å². The molecule has 0 aliphatic rings. The fourth-order valence-corrected chi connectivity index (χ4v) is 1.58. The molecular formula is C10H19N3O. The SMILES string of the molecule is Cc1cn(C)nc1CN(C)CC(C)O. The van der Waals surface area contributed by atoms with E-state index < -0.39 is 0 Å². The number of nitrogens with zero attached hydrogens (tertiary/aromatic N) is 3. The van der Waals surface area contributed by atoms with Crippen molar-refractivity contribution in [1.82, 2.24) is 14.7 Å². The number of hydrogen-bond donors (Lipinski definition) is 1. The smallest absolute Gasteiger partial charge is 0.0793 e. The Bertz CT molecular complexity index is 294. The molecular weight excluding hydrogens is 178 g/mol. The van der Waals surface area contributed by atoms with Gasteiger partial charge in [-0.25, -0.2) is 0 Å². The van der Waals surface area contributed by atoms with Crippen molar-refractivity contribution in [3.8, 4) is 0 Å². The lowest BCUT2D eigenvalue weighted by atomic mass is 10.2. The number of aromatic nitrogens is 2. The van der Waals surface area contributed by atoms with Crippen LogP contribution in [0.15, 0.2) is 6.20 Å². The Balaban J connectivity index is 2.55. The van der Waals surface area contributed by atoms with Gasteiger partial charge in [0.05, 0.1) is 11.8 Å². The zero-order valence-corrected chi connectivity index (χ0v) is 9.36. The van der Waals surface area contributed by atoms with Crippen LogP contribution in [-0.2, 0) is 13.6 Å². The maximum atomic E-state index is 9.21. The first-order chi connectivity index (χ1) is 6.49. The predicted molar refractivity (Wildman–Crippen MR) is 56.0 cm³/mol. The van der Waals surface area contributed by atoms with Crippen molar-refractivity contribution in [2.24, 2.45) is 7.05 Å². The number of likely N-dealkylation sites (N-methyl/N-ethyl adjacent to an activating group) is 1. The van der Waals surface area contributed by atoms with E-state index >= 15 is 0 Å². The highest BCUT2D eigenvalue weighted by atomic mass is 16.3. The molecule has 0 aliphatic carbocycles. The standard InChI is InChI=1S/C10H19N3O/c1-8-5-13(4)11-10(8)7-12(3)6-9(2)14/h5,9,14H,6-7H2,1-4H3. The van der Waals surface area contributed by atoms with Crippen LogP contribution in [0.4, 0.5) is 0 Å². The first kappa shape index (κ1) is 11.2. The molecule has 1 unspecified atom stereocenters. The summed E-state index contributed by atoms with van der Waals surface area (Å²) in [4.78, 5) is 2.07. The molecule has 0 saturated heterocycles. The highest BCUT2D eigenvalue weighted by Crippen LogP contribution is 2.06. The second-order valence-electron chi connectivity index (χ2n) is 3.98. The van der Waals surface area contributed by atoms with Crippen LogP contribution in [0.2, 0.25) is 0 Å². The summed E-state index contributed by atoms with van der Waals surface area (Å²) in [7, 11) is 3.91. The van der Waals surface area contributed by atoms with Crippen LogP contribution in [0.3, 0.4) is 0 Å². The summed E-state index contributed by atoms with van der Waals surface area (Å²) in [5, 5.41) is 13.6. The number of hydrogen-bond acceptors (Lipinski definition) is 3. The third-order valence-electron chi connectivity index (χ3n) is 2.11. The zero-order valence-electron chi connectivity index (χ0n) is 9.36. The molecule has 0 spiro atoms. The molecule has 14 heavy (non-hydrogen) atoms. The minimum absolute atomic E-state index is 0.288. The van der Waals surface area contributed by atoms with Gasteiger partial charge in [-0.05, 0) is 26.5 Å². The largest absolute Gasteiger partial charge is 0.392 e. The molecule has 0 saturated carbocycles. The fraction of sp³-hybridized carbons (Fsp3) is 0.700. The molecule has 0 fully saturated rings. The van der Waals surface area contributed by atoms with E-state index in [1.807, 2.05) is 25.0 Å². The van der Waals surface area contributed by atoms with Crippen LogP contribution < -0.4 is 0 Å². The second-order valence-corrected chi connectivity index (χ2v) is 3.98. The highest BCUT2D eigenvalue weighted by Gasteiger charge is 2.08. The molecule has 0 amide bonds. The van der Waals surface area contributed by atoms with Gasteiger partial charge in [-0.1, -0.05) is 0 Å². The predicted octanol–water partition coefficient (Wildman–Crippen LogP) is 0.541. The molecule has 1 aromatic heterocycles. The van der Waals surface area contributed by atoms with E-state index in [2.05, 4.69) is 16.9 Å². The third-order valence-corrected chi connectivity index (χ3v) is 2.11. The summed E-state index contributed by atoms with van der Waals surface area (Å²) in [5.41, 5.74) is 2.28. The topological polar surface area (TPSA) is 41.3 Å². The van der Waals surface area contributed by atoms with Crippen molar-refractivity contribution in [3.05, 3.63) is 17.5 Å². The van der Waals surface area contributed by atoms with Crippen molar-refractivity contribution < 1.29 is 5.11 Å². The minimum Gasteiger partial charge on any atom is -0.392 e. The maximum Gasteiger partial charge on any atom is 0.0793 e. The van der Waals surface area contributed by atoms with Gasteiger partial charge in [0, 0.05) is 26.3 Å². The van der Waals surface area contributed by atoms with E-state index in [1.165, 1.54) is 5.56 Å². The van der Waals surface area contributed by atoms with E-state index in [-0.39, 0.29) is 6.10 Å². The quantitative estimate of drug-likeness (QED) is 0.766. The van der Waals surface area contributed by atoms with Crippen molar-refractivity contribution in [3.63, 3.8) is 0 Å². The second kappa shape index (κ2) is 4.57. The Kier molecular flexibility index (Phi) is 3.66. The van der Waals surface area contributed by atoms with E-state index in [4.69, 9.17) is 0 Å². The first-order valence-electron chi connectivity index (χ1n) is 4.84.